The number of aliphatic carboxylic acids is 1. The topological polar surface area (TPSA) is 60.2 Å². The van der Waals surface area contributed by atoms with Crippen LogP contribution < -0.4 is 0 Å². The van der Waals surface area contributed by atoms with Crippen molar-refractivity contribution in [2.75, 3.05) is 0 Å². The third-order valence-corrected chi connectivity index (χ3v) is 3.13. The molecule has 0 spiro atoms. The molecular weight excluding hydrogens is 216 g/mol. The number of carboxylic acid groups (broad SMARTS) is 1. The van der Waals surface area contributed by atoms with Crippen molar-refractivity contribution >= 4 is 11.5 Å². The molecule has 1 unspecified atom stereocenters. The molecule has 2 rings (SSSR count). The van der Waals surface area contributed by atoms with Crippen LogP contribution in [0.1, 0.15) is 30.4 Å². The molecule has 0 bridgehead atoms. The minimum atomic E-state index is -1.06. The number of hydrogen-bond donors (Lipinski definition) is 1. The molecule has 90 valence electrons. The van der Waals surface area contributed by atoms with Gasteiger partial charge in [-0.3, -0.25) is 0 Å². The van der Waals surface area contributed by atoms with Gasteiger partial charge in [-0.15, -0.1) is 0 Å². The highest BCUT2D eigenvalue weighted by Crippen LogP contribution is 2.28. The molecule has 0 fully saturated rings. The van der Waals surface area contributed by atoms with E-state index in [0.29, 0.717) is 6.42 Å². The van der Waals surface area contributed by atoms with Gasteiger partial charge >= 0.3 is 5.97 Å². The van der Waals surface area contributed by atoms with Crippen molar-refractivity contribution in [1.29, 1.82) is 0 Å². The van der Waals surface area contributed by atoms with Gasteiger partial charge in [-0.2, -0.15) is 0 Å². The van der Waals surface area contributed by atoms with Crippen LogP contribution in [0.2, 0.25) is 0 Å². The van der Waals surface area contributed by atoms with Crippen LogP contribution >= 0.6 is 0 Å². The summed E-state index contributed by atoms with van der Waals surface area (Å²) in [6, 6.07) is 8.10. The average Bonchev–Trinajstić information content (AvgIpc) is 2.52. The molecule has 0 heterocycles. The molecule has 17 heavy (non-hydrogen) atoms. The predicted octanol–water partition coefficient (Wildman–Crippen LogP) is 1.97. The Morgan fingerprint density at radius 1 is 1.41 bits per heavy atom. The summed E-state index contributed by atoms with van der Waals surface area (Å²) in [5.74, 6) is -1.05. The maximum absolute atomic E-state index is 10.8. The molecule has 1 aromatic rings. The number of carbonyl (C=O) groups is 1. The van der Waals surface area contributed by atoms with E-state index >= 15 is 0 Å². The van der Waals surface area contributed by atoms with Crippen molar-refractivity contribution in [3.63, 3.8) is 0 Å². The summed E-state index contributed by atoms with van der Waals surface area (Å²) in [6.07, 6.45) is 4.42. The zero-order valence-electron chi connectivity index (χ0n) is 9.65. The maximum Gasteiger partial charge on any atom is 0.384 e. The molecular formula is C14H17O3+. The van der Waals surface area contributed by atoms with E-state index in [1.165, 1.54) is 5.56 Å². The molecule has 3 heteroatoms. The summed E-state index contributed by atoms with van der Waals surface area (Å²) in [7, 11) is 0. The third kappa shape index (κ3) is 2.74. The Morgan fingerprint density at radius 2 is 2.18 bits per heavy atom. The summed E-state index contributed by atoms with van der Waals surface area (Å²) >= 11 is 0. The molecule has 0 aromatic heterocycles. The lowest BCUT2D eigenvalue weighted by molar-refractivity contribution is -0.146. The summed E-state index contributed by atoms with van der Waals surface area (Å²) < 4.78 is 0. The summed E-state index contributed by atoms with van der Waals surface area (Å²) in [5, 5.41) is 16.4. The summed E-state index contributed by atoms with van der Waals surface area (Å²) in [6.45, 7) is 0. The maximum atomic E-state index is 10.8. The second kappa shape index (κ2) is 5.15. The van der Waals surface area contributed by atoms with Gasteiger partial charge in [-0.25, -0.2) is 4.79 Å². The molecule has 3 N–H and O–H groups in total. The fourth-order valence-electron chi connectivity index (χ4n) is 2.23. The van der Waals surface area contributed by atoms with Crippen LogP contribution in [0.3, 0.4) is 0 Å². The number of fused-ring (bicyclic) bond motifs is 1. The summed E-state index contributed by atoms with van der Waals surface area (Å²) in [4.78, 5) is 10.8. The smallest absolute Gasteiger partial charge is 0.384 e. The second-order valence-corrected chi connectivity index (χ2v) is 4.37. The molecule has 0 radical (unpaired) electrons. The van der Waals surface area contributed by atoms with E-state index in [1.807, 2.05) is 18.2 Å². The van der Waals surface area contributed by atoms with Crippen molar-refractivity contribution in [3.05, 3.63) is 41.5 Å². The van der Waals surface area contributed by atoms with E-state index < -0.39 is 12.1 Å². The van der Waals surface area contributed by atoms with E-state index in [4.69, 9.17) is 10.2 Å². The zero-order valence-corrected chi connectivity index (χ0v) is 9.65. The zero-order chi connectivity index (χ0) is 12.3. The van der Waals surface area contributed by atoms with E-state index in [0.717, 1.165) is 30.4 Å². The molecule has 0 saturated heterocycles. The number of carboxylic acids is 1. The van der Waals surface area contributed by atoms with Gasteiger partial charge < -0.3 is 10.2 Å². The molecule has 1 aliphatic carbocycles. The largest absolute Gasteiger partial charge is 0.475 e. The fourth-order valence-corrected chi connectivity index (χ4v) is 2.23. The van der Waals surface area contributed by atoms with Crippen LogP contribution in [-0.2, 0) is 11.2 Å². The summed E-state index contributed by atoms with van der Waals surface area (Å²) in [5.41, 5.74) is 3.41. The van der Waals surface area contributed by atoms with Crippen molar-refractivity contribution < 1.29 is 15.0 Å². The van der Waals surface area contributed by atoms with Crippen molar-refractivity contribution in [1.82, 2.24) is 0 Å². The highest BCUT2D eigenvalue weighted by atomic mass is 16.4. The highest BCUT2D eigenvalue weighted by Gasteiger charge is 2.22. The van der Waals surface area contributed by atoms with E-state index in [9.17, 15) is 4.79 Å². The first kappa shape index (κ1) is 11.9. The van der Waals surface area contributed by atoms with Crippen LogP contribution in [0, 0.1) is 0 Å². The number of aryl methyl sites for hydroxylation is 1. The van der Waals surface area contributed by atoms with Gasteiger partial charge in [0.1, 0.15) is 0 Å². The monoisotopic (exact) mass is 233 g/mol. The van der Waals surface area contributed by atoms with Gasteiger partial charge in [-0.1, -0.05) is 30.3 Å². The lowest BCUT2D eigenvalue weighted by Gasteiger charge is -2.10. The Morgan fingerprint density at radius 3 is 2.94 bits per heavy atom. The first-order valence-electron chi connectivity index (χ1n) is 5.89. The molecule has 3 nitrogen and oxygen atoms in total. The van der Waals surface area contributed by atoms with Crippen molar-refractivity contribution in [2.45, 2.75) is 31.8 Å². The number of allylic oxidation sites excluding steroid dienone is 1. The molecule has 1 aliphatic rings. The Kier molecular flexibility index (Phi) is 3.59. The van der Waals surface area contributed by atoms with E-state index in [2.05, 4.69) is 12.1 Å². The number of rotatable bonds is 3. The van der Waals surface area contributed by atoms with Crippen molar-refractivity contribution in [3.8, 4) is 0 Å². The number of benzene rings is 1. The van der Waals surface area contributed by atoms with Gasteiger partial charge in [0, 0.05) is 0 Å². The Labute approximate surface area is 100 Å². The molecule has 0 saturated carbocycles. The lowest BCUT2D eigenvalue weighted by Crippen LogP contribution is -2.19. The van der Waals surface area contributed by atoms with Crippen LogP contribution in [0.4, 0.5) is 0 Å². The Bertz CT molecular complexity index is 449. The van der Waals surface area contributed by atoms with Crippen LogP contribution in [0.15, 0.2) is 30.3 Å². The minimum absolute atomic E-state index is 0.298. The van der Waals surface area contributed by atoms with Crippen molar-refractivity contribution in [2.24, 2.45) is 0 Å². The van der Waals surface area contributed by atoms with Crippen LogP contribution in [0.25, 0.3) is 5.57 Å². The van der Waals surface area contributed by atoms with Crippen LogP contribution in [0.5, 0.6) is 0 Å². The van der Waals surface area contributed by atoms with Gasteiger partial charge in [0.05, 0.1) is 6.42 Å². The van der Waals surface area contributed by atoms with E-state index in [1.54, 1.807) is 0 Å². The van der Waals surface area contributed by atoms with Gasteiger partial charge in [0.15, 0.2) is 0 Å². The van der Waals surface area contributed by atoms with Gasteiger partial charge in [0.2, 0.25) is 0 Å². The SMILES string of the molecule is O=C(O)C([OH2+])CC1=CCCCc2ccccc21. The minimum Gasteiger partial charge on any atom is -0.475 e. The average molecular weight is 233 g/mol. The standard InChI is InChI=1S/C14H16O3/c15-13(14(16)17)9-11-7-2-1-5-10-6-3-4-8-12(10)11/h3-4,6-8,13,15H,1-2,5,9H2,(H,16,17)/p+1. The highest BCUT2D eigenvalue weighted by molar-refractivity contribution is 5.78. The van der Waals surface area contributed by atoms with Gasteiger partial charge in [-0.05, 0) is 36.0 Å². The number of hydrogen-bond acceptors (Lipinski definition) is 1. The Hall–Kier alpha value is -1.61. The molecule has 0 amide bonds. The fraction of sp³-hybridized carbons (Fsp3) is 0.357. The Balaban J connectivity index is 2.28. The normalized spacial score (nSPS) is 16.6. The second-order valence-electron chi connectivity index (χ2n) is 4.37. The van der Waals surface area contributed by atoms with Gasteiger partial charge in [0.25, 0.3) is 6.10 Å². The lowest BCUT2D eigenvalue weighted by atomic mass is 9.95. The molecule has 1 aromatic carbocycles. The van der Waals surface area contributed by atoms with Crippen LogP contribution in [-0.4, -0.2) is 22.3 Å². The first-order chi connectivity index (χ1) is 8.18. The third-order valence-electron chi connectivity index (χ3n) is 3.13. The molecule has 0 aliphatic heterocycles. The molecule has 1 atom stereocenters. The quantitative estimate of drug-likeness (QED) is 0.811. The van der Waals surface area contributed by atoms with E-state index in [-0.39, 0.29) is 0 Å². The first-order valence-corrected chi connectivity index (χ1v) is 5.89. The predicted molar refractivity (Wildman–Crippen MR) is 67.0 cm³/mol.